The third-order valence-electron chi connectivity index (χ3n) is 4.72. The molecule has 0 unspecified atom stereocenters. The Labute approximate surface area is 148 Å². The largest absolute Gasteiger partial charge is 0.497 e. The number of nitrogens with zero attached hydrogens (tertiary/aromatic N) is 2. The van der Waals surface area contributed by atoms with Gasteiger partial charge in [-0.3, -0.25) is 9.69 Å². The van der Waals surface area contributed by atoms with Crippen molar-refractivity contribution < 1.29 is 14.6 Å². The van der Waals surface area contributed by atoms with Crippen molar-refractivity contribution in [1.82, 2.24) is 9.80 Å². The molecule has 1 aliphatic rings. The van der Waals surface area contributed by atoms with Gasteiger partial charge in [-0.25, -0.2) is 0 Å². The molecule has 1 aliphatic heterocycles. The van der Waals surface area contributed by atoms with Crippen LogP contribution in [0.25, 0.3) is 0 Å². The van der Waals surface area contributed by atoms with Crippen molar-refractivity contribution in [2.24, 2.45) is 0 Å². The van der Waals surface area contributed by atoms with Crippen molar-refractivity contribution in [1.29, 1.82) is 0 Å². The SMILES string of the molecule is COc1ccc(CN(C)[C@@H]2CN(C(=O)c3ccccc3)C[C@H]2O)cc1. The molecule has 5 heteroatoms. The molecule has 0 saturated carbocycles. The molecule has 1 heterocycles. The minimum absolute atomic E-state index is 0.0278. The summed E-state index contributed by atoms with van der Waals surface area (Å²) in [5.74, 6) is 0.798. The van der Waals surface area contributed by atoms with Crippen LogP contribution in [0.5, 0.6) is 5.75 Å². The van der Waals surface area contributed by atoms with Crippen LogP contribution in [0.15, 0.2) is 54.6 Å². The van der Waals surface area contributed by atoms with Crippen LogP contribution in [0.1, 0.15) is 15.9 Å². The van der Waals surface area contributed by atoms with Crippen LogP contribution in [-0.4, -0.2) is 60.2 Å². The normalized spacial score (nSPS) is 20.1. The van der Waals surface area contributed by atoms with Gasteiger partial charge in [0.2, 0.25) is 0 Å². The highest BCUT2D eigenvalue weighted by molar-refractivity contribution is 5.94. The summed E-state index contributed by atoms with van der Waals surface area (Å²) in [5, 5.41) is 10.4. The number of likely N-dealkylation sites (N-methyl/N-ethyl adjacent to an activating group) is 1. The van der Waals surface area contributed by atoms with Crippen LogP contribution >= 0.6 is 0 Å². The van der Waals surface area contributed by atoms with Gasteiger partial charge in [0.05, 0.1) is 19.3 Å². The zero-order chi connectivity index (χ0) is 17.8. The van der Waals surface area contributed by atoms with Gasteiger partial charge in [0.15, 0.2) is 0 Å². The smallest absolute Gasteiger partial charge is 0.253 e. The van der Waals surface area contributed by atoms with Gasteiger partial charge in [0.1, 0.15) is 5.75 Å². The summed E-state index contributed by atoms with van der Waals surface area (Å²) in [5.41, 5.74) is 1.80. The molecule has 1 saturated heterocycles. The Morgan fingerprint density at radius 1 is 1.16 bits per heavy atom. The van der Waals surface area contributed by atoms with Crippen molar-refractivity contribution in [3.8, 4) is 5.75 Å². The molecule has 1 N–H and O–H groups in total. The molecule has 0 spiro atoms. The van der Waals surface area contributed by atoms with Gasteiger partial charge in [0, 0.05) is 25.2 Å². The molecule has 2 aromatic rings. The minimum atomic E-state index is -0.545. The summed E-state index contributed by atoms with van der Waals surface area (Å²) in [6.45, 7) is 1.60. The third-order valence-corrected chi connectivity index (χ3v) is 4.72. The molecule has 2 atom stereocenters. The molecular formula is C20H24N2O3. The highest BCUT2D eigenvalue weighted by Crippen LogP contribution is 2.20. The Bertz CT molecular complexity index is 703. The highest BCUT2D eigenvalue weighted by Gasteiger charge is 2.36. The quantitative estimate of drug-likeness (QED) is 0.905. The summed E-state index contributed by atoms with van der Waals surface area (Å²) in [7, 11) is 3.63. The van der Waals surface area contributed by atoms with Crippen molar-refractivity contribution >= 4 is 5.91 Å². The predicted octanol–water partition coefficient (Wildman–Crippen LogP) is 2.01. The lowest BCUT2D eigenvalue weighted by Gasteiger charge is -2.26. The fourth-order valence-electron chi connectivity index (χ4n) is 3.27. The van der Waals surface area contributed by atoms with E-state index in [1.54, 1.807) is 12.0 Å². The number of aliphatic hydroxyl groups is 1. The van der Waals surface area contributed by atoms with Gasteiger partial charge >= 0.3 is 0 Å². The van der Waals surface area contributed by atoms with Crippen LogP contribution in [0.2, 0.25) is 0 Å². The average Bonchev–Trinajstić information content (AvgIpc) is 3.04. The third kappa shape index (κ3) is 4.00. The van der Waals surface area contributed by atoms with Gasteiger partial charge in [-0.15, -0.1) is 0 Å². The molecule has 132 valence electrons. The lowest BCUT2D eigenvalue weighted by atomic mass is 10.1. The second kappa shape index (κ2) is 7.68. The fraction of sp³-hybridized carbons (Fsp3) is 0.350. The predicted molar refractivity (Wildman–Crippen MR) is 96.6 cm³/mol. The van der Waals surface area contributed by atoms with Crippen molar-refractivity contribution in [3.05, 3.63) is 65.7 Å². The van der Waals surface area contributed by atoms with E-state index >= 15 is 0 Å². The van der Waals surface area contributed by atoms with Gasteiger partial charge < -0.3 is 14.7 Å². The number of ether oxygens (including phenoxy) is 1. The number of β-amino-alcohol motifs (C(OH)–C–C–N with tert-alkyl or cyclic N) is 1. The molecular weight excluding hydrogens is 316 g/mol. The molecule has 1 fully saturated rings. The van der Waals surface area contributed by atoms with E-state index in [-0.39, 0.29) is 11.9 Å². The van der Waals surface area contributed by atoms with E-state index in [0.717, 1.165) is 11.3 Å². The molecule has 2 aromatic carbocycles. The zero-order valence-corrected chi connectivity index (χ0v) is 14.6. The van der Waals surface area contributed by atoms with Crippen molar-refractivity contribution in [3.63, 3.8) is 0 Å². The highest BCUT2D eigenvalue weighted by atomic mass is 16.5. The first kappa shape index (κ1) is 17.5. The van der Waals surface area contributed by atoms with E-state index < -0.39 is 6.10 Å². The second-order valence-corrected chi connectivity index (χ2v) is 6.47. The van der Waals surface area contributed by atoms with E-state index in [2.05, 4.69) is 4.90 Å². The monoisotopic (exact) mass is 340 g/mol. The number of amides is 1. The molecule has 25 heavy (non-hydrogen) atoms. The first-order chi connectivity index (χ1) is 12.1. The Hall–Kier alpha value is -2.37. The van der Waals surface area contributed by atoms with Crippen LogP contribution in [0, 0.1) is 0 Å². The summed E-state index contributed by atoms with van der Waals surface area (Å²) >= 11 is 0. The average molecular weight is 340 g/mol. The van der Waals surface area contributed by atoms with Gasteiger partial charge in [-0.2, -0.15) is 0 Å². The maximum atomic E-state index is 12.6. The Morgan fingerprint density at radius 2 is 1.84 bits per heavy atom. The molecule has 3 rings (SSSR count). The van der Waals surface area contributed by atoms with E-state index in [1.165, 1.54) is 0 Å². The van der Waals surface area contributed by atoms with Crippen LogP contribution in [-0.2, 0) is 6.54 Å². The standard InChI is InChI=1S/C20H24N2O3/c1-21(12-15-8-10-17(25-2)11-9-15)18-13-22(14-19(18)23)20(24)16-6-4-3-5-7-16/h3-11,18-19,23H,12-14H2,1-2H3/t18-,19-/m1/s1. The molecule has 0 aliphatic carbocycles. The summed E-state index contributed by atoms with van der Waals surface area (Å²) in [6, 6.07) is 17.0. The maximum absolute atomic E-state index is 12.6. The first-order valence-electron chi connectivity index (χ1n) is 8.44. The van der Waals surface area contributed by atoms with E-state index in [1.807, 2.05) is 61.6 Å². The van der Waals surface area contributed by atoms with Crippen molar-refractivity contribution in [2.45, 2.75) is 18.7 Å². The van der Waals surface area contributed by atoms with Gasteiger partial charge in [-0.1, -0.05) is 30.3 Å². The summed E-state index contributed by atoms with van der Waals surface area (Å²) < 4.78 is 5.18. The summed E-state index contributed by atoms with van der Waals surface area (Å²) in [6.07, 6.45) is -0.545. The van der Waals surface area contributed by atoms with E-state index in [4.69, 9.17) is 4.74 Å². The Kier molecular flexibility index (Phi) is 5.36. The molecule has 0 aromatic heterocycles. The van der Waals surface area contributed by atoms with Gasteiger partial charge in [0.25, 0.3) is 5.91 Å². The number of hydrogen-bond acceptors (Lipinski definition) is 4. The molecule has 1 amide bonds. The Balaban J connectivity index is 1.63. The lowest BCUT2D eigenvalue weighted by molar-refractivity contribution is 0.0763. The summed E-state index contributed by atoms with van der Waals surface area (Å²) in [4.78, 5) is 16.4. The van der Waals surface area contributed by atoms with Crippen LogP contribution in [0.3, 0.4) is 0 Å². The second-order valence-electron chi connectivity index (χ2n) is 6.47. The number of carbonyl (C=O) groups is 1. The fourth-order valence-corrected chi connectivity index (χ4v) is 3.27. The number of rotatable bonds is 5. The number of methoxy groups -OCH3 is 1. The van der Waals surface area contributed by atoms with Crippen LogP contribution in [0.4, 0.5) is 0 Å². The van der Waals surface area contributed by atoms with E-state index in [0.29, 0.717) is 25.2 Å². The topological polar surface area (TPSA) is 53.0 Å². The first-order valence-corrected chi connectivity index (χ1v) is 8.44. The number of aliphatic hydroxyl groups excluding tert-OH is 1. The number of carbonyl (C=O) groups excluding carboxylic acids is 1. The van der Waals surface area contributed by atoms with Crippen LogP contribution < -0.4 is 4.74 Å². The maximum Gasteiger partial charge on any atom is 0.253 e. The van der Waals surface area contributed by atoms with E-state index in [9.17, 15) is 9.90 Å². The molecule has 0 radical (unpaired) electrons. The number of benzene rings is 2. The lowest BCUT2D eigenvalue weighted by Crippen LogP contribution is -2.40. The minimum Gasteiger partial charge on any atom is -0.497 e. The Morgan fingerprint density at radius 3 is 2.48 bits per heavy atom. The number of likely N-dealkylation sites (tertiary alicyclic amines) is 1. The molecule has 5 nitrogen and oxygen atoms in total. The zero-order valence-electron chi connectivity index (χ0n) is 14.6. The van der Waals surface area contributed by atoms with Gasteiger partial charge in [-0.05, 0) is 36.9 Å². The number of hydrogen-bond donors (Lipinski definition) is 1. The molecule has 0 bridgehead atoms. The van der Waals surface area contributed by atoms with Crippen molar-refractivity contribution in [2.75, 3.05) is 27.2 Å².